The van der Waals surface area contributed by atoms with Crippen molar-refractivity contribution in [2.75, 3.05) is 13.1 Å². The van der Waals surface area contributed by atoms with Gasteiger partial charge < -0.3 is 9.67 Å². The molecule has 0 amide bonds. The second-order valence-corrected chi connectivity index (χ2v) is 8.20. The summed E-state index contributed by atoms with van der Waals surface area (Å²) in [4.78, 5) is 18.4. The normalized spacial score (nSPS) is 15.4. The first-order chi connectivity index (χ1) is 14.0. The Labute approximate surface area is 172 Å². The zero-order valence-electron chi connectivity index (χ0n) is 17.5. The number of aliphatic carboxylic acids is 1. The van der Waals surface area contributed by atoms with Gasteiger partial charge in [-0.1, -0.05) is 18.6 Å². The summed E-state index contributed by atoms with van der Waals surface area (Å²) in [5, 5.41) is 10.9. The van der Waals surface area contributed by atoms with Crippen LogP contribution in [0.1, 0.15) is 47.3 Å². The molecule has 1 atom stereocenters. The Kier molecular flexibility index (Phi) is 5.41. The minimum absolute atomic E-state index is 0.0905. The lowest BCUT2D eigenvalue weighted by atomic mass is 9.95. The van der Waals surface area contributed by atoms with Gasteiger partial charge in [0.15, 0.2) is 0 Å². The number of nitrogens with zero attached hydrogens (tertiary/aromatic N) is 3. The van der Waals surface area contributed by atoms with Gasteiger partial charge in [0.05, 0.1) is 6.42 Å². The summed E-state index contributed by atoms with van der Waals surface area (Å²) in [6.45, 7) is 10.0. The van der Waals surface area contributed by atoms with Gasteiger partial charge in [-0.05, 0) is 62.2 Å². The summed E-state index contributed by atoms with van der Waals surface area (Å²) >= 11 is 0. The van der Waals surface area contributed by atoms with E-state index in [2.05, 4.69) is 46.5 Å². The van der Waals surface area contributed by atoms with E-state index in [9.17, 15) is 9.90 Å². The van der Waals surface area contributed by atoms with Crippen LogP contribution in [0.3, 0.4) is 0 Å². The number of hydrogen-bond acceptors (Lipinski definition) is 3. The van der Waals surface area contributed by atoms with Crippen LogP contribution in [0.4, 0.5) is 0 Å². The van der Waals surface area contributed by atoms with E-state index in [-0.39, 0.29) is 12.3 Å². The highest BCUT2D eigenvalue weighted by atomic mass is 16.4. The maximum atomic E-state index is 11.7. The molecule has 3 heterocycles. The maximum Gasteiger partial charge on any atom is 0.304 e. The fourth-order valence-electron chi connectivity index (χ4n) is 4.63. The Morgan fingerprint density at radius 2 is 2.07 bits per heavy atom. The van der Waals surface area contributed by atoms with Crippen molar-refractivity contribution in [1.82, 2.24) is 14.5 Å². The molecule has 4 rings (SSSR count). The van der Waals surface area contributed by atoms with Gasteiger partial charge in [0.2, 0.25) is 0 Å². The van der Waals surface area contributed by atoms with E-state index in [0.29, 0.717) is 6.54 Å². The summed E-state index contributed by atoms with van der Waals surface area (Å²) < 4.78 is 2.38. The summed E-state index contributed by atoms with van der Waals surface area (Å²) in [5.41, 5.74) is 7.24. The molecule has 1 aromatic carbocycles. The molecule has 0 spiro atoms. The first kappa shape index (κ1) is 19.6. The molecule has 5 heteroatoms. The Morgan fingerprint density at radius 3 is 2.79 bits per heavy atom. The van der Waals surface area contributed by atoms with Crippen molar-refractivity contribution in [3.8, 4) is 0 Å². The van der Waals surface area contributed by atoms with Crippen molar-refractivity contribution in [2.45, 2.75) is 52.6 Å². The molecule has 1 unspecified atom stereocenters. The van der Waals surface area contributed by atoms with E-state index < -0.39 is 5.97 Å². The van der Waals surface area contributed by atoms with Crippen molar-refractivity contribution in [3.05, 3.63) is 64.6 Å². The molecule has 5 nitrogen and oxygen atoms in total. The molecule has 3 aromatic rings. The predicted octanol–water partition coefficient (Wildman–Crippen LogP) is 4.29. The number of aromatic nitrogens is 2. The number of benzene rings is 1. The molecule has 0 fully saturated rings. The molecular formula is C24H29N3O2. The van der Waals surface area contributed by atoms with Gasteiger partial charge in [-0.25, -0.2) is 0 Å². The van der Waals surface area contributed by atoms with Crippen molar-refractivity contribution in [1.29, 1.82) is 0 Å². The van der Waals surface area contributed by atoms with Gasteiger partial charge in [-0.2, -0.15) is 0 Å². The highest BCUT2D eigenvalue weighted by Gasteiger charge is 2.26. The zero-order valence-corrected chi connectivity index (χ0v) is 17.5. The maximum absolute atomic E-state index is 11.7. The van der Waals surface area contributed by atoms with E-state index in [0.717, 1.165) is 37.3 Å². The molecule has 1 N–H and O–H groups in total. The van der Waals surface area contributed by atoms with Gasteiger partial charge in [-0.3, -0.25) is 14.7 Å². The van der Waals surface area contributed by atoms with Gasteiger partial charge >= 0.3 is 5.97 Å². The molecular weight excluding hydrogens is 362 g/mol. The average molecular weight is 392 g/mol. The Morgan fingerprint density at radius 1 is 1.24 bits per heavy atom. The average Bonchev–Trinajstić information content (AvgIpc) is 2.99. The SMILES string of the molecule is CCN1CCc2c(n(CC(CC(=O)O)c3ccnc(C)c3)c3ccc(C)cc23)C1. The van der Waals surface area contributed by atoms with E-state index in [1.54, 1.807) is 6.20 Å². The smallest absolute Gasteiger partial charge is 0.304 e. The van der Waals surface area contributed by atoms with Crippen molar-refractivity contribution in [3.63, 3.8) is 0 Å². The molecule has 1 aliphatic heterocycles. The Bertz CT molecular complexity index is 1050. The molecule has 0 aliphatic carbocycles. The van der Waals surface area contributed by atoms with Crippen LogP contribution in [-0.4, -0.2) is 38.6 Å². The van der Waals surface area contributed by atoms with Crippen molar-refractivity contribution in [2.24, 2.45) is 0 Å². The number of rotatable bonds is 6. The summed E-state index contributed by atoms with van der Waals surface area (Å²) in [6.07, 6.45) is 2.94. The lowest BCUT2D eigenvalue weighted by molar-refractivity contribution is -0.137. The lowest BCUT2D eigenvalue weighted by Crippen LogP contribution is -2.31. The number of hydrogen-bond donors (Lipinski definition) is 1. The third-order valence-corrected chi connectivity index (χ3v) is 6.16. The molecule has 0 radical (unpaired) electrons. The van der Waals surface area contributed by atoms with E-state index in [1.807, 2.05) is 19.1 Å². The molecule has 0 saturated carbocycles. The molecule has 2 aromatic heterocycles. The largest absolute Gasteiger partial charge is 0.481 e. The summed E-state index contributed by atoms with van der Waals surface area (Å²) in [5.74, 6) is -0.854. The summed E-state index contributed by atoms with van der Waals surface area (Å²) in [6, 6.07) is 10.6. The molecule has 0 saturated heterocycles. The van der Waals surface area contributed by atoms with Gasteiger partial charge in [0.1, 0.15) is 0 Å². The van der Waals surface area contributed by atoms with Gasteiger partial charge in [-0.15, -0.1) is 0 Å². The quantitative estimate of drug-likeness (QED) is 0.681. The third kappa shape index (κ3) is 3.92. The fourth-order valence-corrected chi connectivity index (χ4v) is 4.63. The molecule has 29 heavy (non-hydrogen) atoms. The first-order valence-corrected chi connectivity index (χ1v) is 10.4. The minimum atomic E-state index is -0.763. The fraction of sp³-hybridized carbons (Fsp3) is 0.417. The van der Waals surface area contributed by atoms with Crippen LogP contribution < -0.4 is 0 Å². The van der Waals surface area contributed by atoms with Gasteiger partial charge in [0.25, 0.3) is 0 Å². The van der Waals surface area contributed by atoms with Crippen LogP contribution in [0.5, 0.6) is 0 Å². The van der Waals surface area contributed by atoms with E-state index >= 15 is 0 Å². The van der Waals surface area contributed by atoms with Crippen LogP contribution in [-0.2, 0) is 24.3 Å². The standard InChI is InChI=1S/C24H29N3O2/c1-4-26-10-8-20-21-11-16(2)5-6-22(21)27(23(20)15-26)14-19(13-24(28)29)18-7-9-25-17(3)12-18/h5-7,9,11-12,19H,4,8,10,13-15H2,1-3H3,(H,28,29). The number of pyridine rings is 1. The van der Waals surface area contributed by atoms with Crippen LogP contribution in [0.2, 0.25) is 0 Å². The molecule has 152 valence electrons. The third-order valence-electron chi connectivity index (χ3n) is 6.16. The monoisotopic (exact) mass is 391 g/mol. The first-order valence-electron chi connectivity index (χ1n) is 10.4. The van der Waals surface area contributed by atoms with Crippen LogP contribution in [0.25, 0.3) is 10.9 Å². The Hall–Kier alpha value is -2.66. The topological polar surface area (TPSA) is 58.4 Å². The van der Waals surface area contributed by atoms with Crippen LogP contribution in [0, 0.1) is 13.8 Å². The van der Waals surface area contributed by atoms with E-state index in [1.165, 1.54) is 27.7 Å². The van der Waals surface area contributed by atoms with E-state index in [4.69, 9.17) is 0 Å². The number of carboxylic acids is 1. The second kappa shape index (κ2) is 7.99. The number of carboxylic acid groups (broad SMARTS) is 1. The highest BCUT2D eigenvalue weighted by Crippen LogP contribution is 2.34. The highest BCUT2D eigenvalue weighted by molar-refractivity contribution is 5.86. The van der Waals surface area contributed by atoms with Crippen molar-refractivity contribution < 1.29 is 9.90 Å². The number of fused-ring (bicyclic) bond motifs is 3. The second-order valence-electron chi connectivity index (χ2n) is 8.20. The summed E-state index contributed by atoms with van der Waals surface area (Å²) in [7, 11) is 0. The lowest BCUT2D eigenvalue weighted by Gasteiger charge is -2.28. The molecule has 1 aliphatic rings. The number of aryl methyl sites for hydroxylation is 2. The Balaban J connectivity index is 1.82. The van der Waals surface area contributed by atoms with Crippen LogP contribution >= 0.6 is 0 Å². The zero-order chi connectivity index (χ0) is 20.5. The predicted molar refractivity (Wildman–Crippen MR) is 115 cm³/mol. The number of likely N-dealkylation sites (N-methyl/N-ethyl adjacent to an activating group) is 1. The van der Waals surface area contributed by atoms with Crippen LogP contribution in [0.15, 0.2) is 36.5 Å². The molecule has 0 bridgehead atoms. The van der Waals surface area contributed by atoms with Crippen molar-refractivity contribution >= 4 is 16.9 Å². The number of carbonyl (C=O) groups is 1. The van der Waals surface area contributed by atoms with Gasteiger partial charge in [0, 0.05) is 54.0 Å². The minimum Gasteiger partial charge on any atom is -0.481 e.